The van der Waals surface area contributed by atoms with Crippen LogP contribution in [0.25, 0.3) is 0 Å². The molecule has 2 rings (SSSR count). The fraction of sp³-hybridized carbons (Fsp3) is 0.350. The Morgan fingerprint density at radius 2 is 1.64 bits per heavy atom. The molecule has 0 heterocycles. The standard InChI is InChI=1S/C20H26N2O3/c1-5-15-6-8-16(9-7-15)13-22(2)14-20(23)21-17-10-11-18(24-3)19(12-17)25-4/h6-12H,5,13-14H2,1-4H3,(H,21,23). The molecule has 134 valence electrons. The van der Waals surface area contributed by atoms with E-state index in [0.29, 0.717) is 23.7 Å². The van der Waals surface area contributed by atoms with Gasteiger partial charge in [0.05, 0.1) is 20.8 Å². The maximum atomic E-state index is 12.2. The number of likely N-dealkylation sites (N-methyl/N-ethyl adjacent to an activating group) is 1. The fourth-order valence-corrected chi connectivity index (χ4v) is 2.61. The normalized spacial score (nSPS) is 10.6. The minimum absolute atomic E-state index is 0.0695. The number of hydrogen-bond acceptors (Lipinski definition) is 4. The summed E-state index contributed by atoms with van der Waals surface area (Å²) in [5.41, 5.74) is 3.19. The zero-order chi connectivity index (χ0) is 18.2. The number of nitrogens with zero attached hydrogens (tertiary/aromatic N) is 1. The maximum Gasteiger partial charge on any atom is 0.238 e. The summed E-state index contributed by atoms with van der Waals surface area (Å²) in [5.74, 6) is 1.15. The highest BCUT2D eigenvalue weighted by Crippen LogP contribution is 2.29. The molecule has 0 aliphatic carbocycles. The summed E-state index contributed by atoms with van der Waals surface area (Å²) in [6.07, 6.45) is 1.03. The lowest BCUT2D eigenvalue weighted by molar-refractivity contribution is -0.117. The summed E-state index contributed by atoms with van der Waals surface area (Å²) in [4.78, 5) is 14.2. The topological polar surface area (TPSA) is 50.8 Å². The quantitative estimate of drug-likeness (QED) is 0.799. The first kappa shape index (κ1) is 18.8. The Morgan fingerprint density at radius 3 is 2.24 bits per heavy atom. The highest BCUT2D eigenvalue weighted by Gasteiger charge is 2.10. The van der Waals surface area contributed by atoms with Gasteiger partial charge in [0.1, 0.15) is 0 Å². The van der Waals surface area contributed by atoms with E-state index < -0.39 is 0 Å². The summed E-state index contributed by atoms with van der Waals surface area (Å²) in [5, 5.41) is 2.89. The van der Waals surface area contributed by atoms with Crippen LogP contribution in [0.4, 0.5) is 5.69 Å². The van der Waals surface area contributed by atoms with Crippen LogP contribution in [0.5, 0.6) is 11.5 Å². The van der Waals surface area contributed by atoms with Gasteiger partial charge in [0.15, 0.2) is 11.5 Å². The number of carbonyl (C=O) groups excluding carboxylic acids is 1. The molecule has 0 saturated heterocycles. The van der Waals surface area contributed by atoms with E-state index in [1.165, 1.54) is 11.1 Å². The summed E-state index contributed by atoms with van der Waals surface area (Å²) in [7, 11) is 5.08. The minimum atomic E-state index is -0.0695. The molecule has 25 heavy (non-hydrogen) atoms. The van der Waals surface area contributed by atoms with Crippen LogP contribution in [0.15, 0.2) is 42.5 Å². The first-order chi connectivity index (χ1) is 12.0. The largest absolute Gasteiger partial charge is 0.493 e. The first-order valence-electron chi connectivity index (χ1n) is 8.34. The van der Waals surface area contributed by atoms with Crippen molar-refractivity contribution in [2.45, 2.75) is 19.9 Å². The molecule has 1 amide bonds. The number of anilines is 1. The molecule has 0 aliphatic heterocycles. The predicted molar refractivity (Wildman–Crippen MR) is 100 cm³/mol. The van der Waals surface area contributed by atoms with Crippen LogP contribution in [0.2, 0.25) is 0 Å². The van der Waals surface area contributed by atoms with Gasteiger partial charge in [0.25, 0.3) is 0 Å². The van der Waals surface area contributed by atoms with Crippen LogP contribution < -0.4 is 14.8 Å². The van der Waals surface area contributed by atoms with Gasteiger partial charge in [-0.1, -0.05) is 31.2 Å². The van der Waals surface area contributed by atoms with Crippen LogP contribution >= 0.6 is 0 Å². The molecule has 0 fully saturated rings. The van der Waals surface area contributed by atoms with Gasteiger partial charge in [0, 0.05) is 18.3 Å². The van der Waals surface area contributed by atoms with E-state index in [-0.39, 0.29) is 5.91 Å². The average molecular weight is 342 g/mol. The van der Waals surface area contributed by atoms with E-state index in [2.05, 4.69) is 36.5 Å². The van der Waals surface area contributed by atoms with Crippen molar-refractivity contribution in [3.8, 4) is 11.5 Å². The Morgan fingerprint density at radius 1 is 1.00 bits per heavy atom. The third-order valence-corrected chi connectivity index (χ3v) is 3.96. The molecule has 2 aromatic rings. The number of ether oxygens (including phenoxy) is 2. The zero-order valence-corrected chi connectivity index (χ0v) is 15.3. The number of aryl methyl sites for hydroxylation is 1. The van der Waals surface area contributed by atoms with Crippen LogP contribution in [0, 0.1) is 0 Å². The van der Waals surface area contributed by atoms with E-state index >= 15 is 0 Å². The Hall–Kier alpha value is -2.53. The van der Waals surface area contributed by atoms with Gasteiger partial charge in [0.2, 0.25) is 5.91 Å². The van der Waals surface area contributed by atoms with Crippen LogP contribution in [0.1, 0.15) is 18.1 Å². The molecule has 0 aliphatic rings. The molecule has 0 unspecified atom stereocenters. The number of methoxy groups -OCH3 is 2. The minimum Gasteiger partial charge on any atom is -0.493 e. The number of hydrogen-bond donors (Lipinski definition) is 1. The van der Waals surface area contributed by atoms with E-state index in [9.17, 15) is 4.79 Å². The summed E-state index contributed by atoms with van der Waals surface area (Å²) >= 11 is 0. The van der Waals surface area contributed by atoms with E-state index in [1.807, 2.05) is 11.9 Å². The number of rotatable bonds is 8. The summed E-state index contributed by atoms with van der Waals surface area (Å²) in [6.45, 7) is 3.17. The Bertz CT molecular complexity index is 699. The lowest BCUT2D eigenvalue weighted by atomic mass is 10.1. The van der Waals surface area contributed by atoms with E-state index in [0.717, 1.165) is 13.0 Å². The Kier molecular flexibility index (Phi) is 6.83. The SMILES string of the molecule is CCc1ccc(CN(C)CC(=O)Nc2ccc(OC)c(OC)c2)cc1. The number of benzene rings is 2. The Balaban J connectivity index is 1.90. The molecule has 5 nitrogen and oxygen atoms in total. The van der Waals surface area contributed by atoms with Crippen molar-refractivity contribution in [2.24, 2.45) is 0 Å². The van der Waals surface area contributed by atoms with Gasteiger partial charge in [-0.3, -0.25) is 9.69 Å². The van der Waals surface area contributed by atoms with Gasteiger partial charge in [-0.25, -0.2) is 0 Å². The van der Waals surface area contributed by atoms with Crippen molar-refractivity contribution in [1.82, 2.24) is 4.90 Å². The highest BCUT2D eigenvalue weighted by atomic mass is 16.5. The number of amides is 1. The van der Waals surface area contributed by atoms with Gasteiger partial charge >= 0.3 is 0 Å². The lowest BCUT2D eigenvalue weighted by Gasteiger charge is -2.17. The molecule has 1 N–H and O–H groups in total. The predicted octanol–water partition coefficient (Wildman–Crippen LogP) is 3.34. The Labute approximate surface area is 149 Å². The molecular weight excluding hydrogens is 316 g/mol. The van der Waals surface area contributed by atoms with E-state index in [4.69, 9.17) is 9.47 Å². The zero-order valence-electron chi connectivity index (χ0n) is 15.3. The molecule has 0 radical (unpaired) electrons. The molecule has 0 saturated carbocycles. The van der Waals surface area contributed by atoms with Crippen molar-refractivity contribution < 1.29 is 14.3 Å². The fourth-order valence-electron chi connectivity index (χ4n) is 2.61. The molecule has 0 aromatic heterocycles. The van der Waals surface area contributed by atoms with Crippen LogP contribution in [-0.4, -0.2) is 38.6 Å². The number of nitrogens with one attached hydrogen (secondary N) is 1. The van der Waals surface area contributed by atoms with Gasteiger partial charge in [-0.05, 0) is 36.7 Å². The molecular formula is C20H26N2O3. The highest BCUT2D eigenvalue weighted by molar-refractivity contribution is 5.92. The van der Waals surface area contributed by atoms with Crippen molar-refractivity contribution >= 4 is 11.6 Å². The second-order valence-electron chi connectivity index (χ2n) is 5.96. The number of carbonyl (C=O) groups is 1. The van der Waals surface area contributed by atoms with Crippen LogP contribution in [-0.2, 0) is 17.8 Å². The van der Waals surface area contributed by atoms with Gasteiger partial charge in [-0.15, -0.1) is 0 Å². The molecule has 0 atom stereocenters. The molecule has 5 heteroatoms. The average Bonchev–Trinajstić information content (AvgIpc) is 2.62. The molecule has 2 aromatic carbocycles. The van der Waals surface area contributed by atoms with E-state index in [1.54, 1.807) is 32.4 Å². The van der Waals surface area contributed by atoms with Crippen molar-refractivity contribution in [2.75, 3.05) is 33.1 Å². The van der Waals surface area contributed by atoms with Gasteiger partial charge in [-0.2, -0.15) is 0 Å². The monoisotopic (exact) mass is 342 g/mol. The third-order valence-electron chi connectivity index (χ3n) is 3.96. The van der Waals surface area contributed by atoms with Crippen molar-refractivity contribution in [3.05, 3.63) is 53.6 Å². The second-order valence-corrected chi connectivity index (χ2v) is 5.96. The van der Waals surface area contributed by atoms with Crippen LogP contribution in [0.3, 0.4) is 0 Å². The first-order valence-corrected chi connectivity index (χ1v) is 8.34. The molecule has 0 spiro atoms. The molecule has 0 bridgehead atoms. The third kappa shape index (κ3) is 5.50. The van der Waals surface area contributed by atoms with Gasteiger partial charge < -0.3 is 14.8 Å². The second kappa shape index (κ2) is 9.08. The summed E-state index contributed by atoms with van der Waals surface area (Å²) in [6, 6.07) is 13.8. The smallest absolute Gasteiger partial charge is 0.238 e. The summed E-state index contributed by atoms with van der Waals surface area (Å²) < 4.78 is 10.4. The maximum absolute atomic E-state index is 12.2. The lowest BCUT2D eigenvalue weighted by Crippen LogP contribution is -2.29. The van der Waals surface area contributed by atoms with Crippen molar-refractivity contribution in [1.29, 1.82) is 0 Å². The van der Waals surface area contributed by atoms with Crippen molar-refractivity contribution in [3.63, 3.8) is 0 Å².